The fourth-order valence-electron chi connectivity index (χ4n) is 2.32. The van der Waals surface area contributed by atoms with Crippen LogP contribution in [0.3, 0.4) is 0 Å². The van der Waals surface area contributed by atoms with E-state index in [4.69, 9.17) is 5.73 Å². The molecule has 1 amide bonds. The van der Waals surface area contributed by atoms with Crippen molar-refractivity contribution in [1.82, 2.24) is 5.32 Å². The average molecular weight is 258 g/mol. The number of nitrogens with two attached hydrogens (primary N) is 1. The summed E-state index contributed by atoms with van der Waals surface area (Å²) in [6.07, 6.45) is 8.77. The third-order valence-corrected chi connectivity index (χ3v) is 5.24. The van der Waals surface area contributed by atoms with Gasteiger partial charge in [0.15, 0.2) is 0 Å². The van der Waals surface area contributed by atoms with Crippen molar-refractivity contribution >= 4 is 17.7 Å². The van der Waals surface area contributed by atoms with Gasteiger partial charge in [0.1, 0.15) is 0 Å². The third kappa shape index (κ3) is 4.88. The van der Waals surface area contributed by atoms with E-state index in [1.807, 2.05) is 11.8 Å². The second-order valence-corrected chi connectivity index (χ2v) is 6.52. The molecule has 0 bridgehead atoms. The number of rotatable bonds is 7. The Morgan fingerprint density at radius 1 is 1.47 bits per heavy atom. The monoisotopic (exact) mass is 258 g/mol. The predicted octanol–water partition coefficient (Wildman–Crippen LogP) is 2.15. The van der Waals surface area contributed by atoms with E-state index in [9.17, 15) is 4.79 Å². The smallest absolute Gasteiger partial charge is 0.220 e. The molecular weight excluding hydrogens is 232 g/mol. The molecule has 0 radical (unpaired) electrons. The molecule has 1 fully saturated rings. The Bertz CT molecular complexity index is 240. The summed E-state index contributed by atoms with van der Waals surface area (Å²) in [5.74, 6) is 0.632. The maximum atomic E-state index is 11.7. The Balaban J connectivity index is 2.22. The van der Waals surface area contributed by atoms with E-state index in [2.05, 4.69) is 18.5 Å². The van der Waals surface area contributed by atoms with Crippen LogP contribution in [0.2, 0.25) is 0 Å². The number of carbonyl (C=O) groups is 1. The fraction of sp³-hybridized carbons (Fsp3) is 0.923. The van der Waals surface area contributed by atoms with Crippen molar-refractivity contribution in [1.29, 1.82) is 0 Å². The summed E-state index contributed by atoms with van der Waals surface area (Å²) in [4.78, 5) is 11.7. The Kier molecular flexibility index (Phi) is 6.34. The van der Waals surface area contributed by atoms with E-state index in [1.54, 1.807) is 0 Å². The van der Waals surface area contributed by atoms with Gasteiger partial charge in [-0.1, -0.05) is 19.8 Å². The summed E-state index contributed by atoms with van der Waals surface area (Å²) in [7, 11) is 0. The summed E-state index contributed by atoms with van der Waals surface area (Å²) >= 11 is 1.92. The summed E-state index contributed by atoms with van der Waals surface area (Å²) in [6.45, 7) is 3.60. The molecule has 1 saturated carbocycles. The number of nitrogens with one attached hydrogen (secondary N) is 1. The molecule has 0 saturated heterocycles. The summed E-state index contributed by atoms with van der Waals surface area (Å²) in [5, 5.41) is 3.10. The standard InChI is InChI=1S/C13H26N2OS/c1-11(9-14)5-6-12(16)15-10-13(17-2)7-3-4-8-13/h11H,3-10,14H2,1-2H3,(H,15,16). The number of hydrogen-bond donors (Lipinski definition) is 2. The molecule has 0 aliphatic heterocycles. The molecule has 4 heteroatoms. The topological polar surface area (TPSA) is 55.1 Å². The lowest BCUT2D eigenvalue weighted by molar-refractivity contribution is -0.121. The van der Waals surface area contributed by atoms with E-state index in [1.165, 1.54) is 25.7 Å². The van der Waals surface area contributed by atoms with Crippen molar-refractivity contribution in [3.8, 4) is 0 Å². The molecule has 17 heavy (non-hydrogen) atoms. The first-order chi connectivity index (χ1) is 8.12. The Morgan fingerprint density at radius 2 is 2.12 bits per heavy atom. The minimum Gasteiger partial charge on any atom is -0.355 e. The number of thioether (sulfide) groups is 1. The van der Waals surface area contributed by atoms with E-state index >= 15 is 0 Å². The van der Waals surface area contributed by atoms with Crippen LogP contribution in [0.4, 0.5) is 0 Å². The Labute approximate surface area is 109 Å². The van der Waals surface area contributed by atoms with Crippen LogP contribution >= 0.6 is 11.8 Å². The first kappa shape index (κ1) is 14.8. The summed E-state index contributed by atoms with van der Waals surface area (Å²) in [6, 6.07) is 0. The van der Waals surface area contributed by atoms with Crippen molar-refractivity contribution in [2.24, 2.45) is 11.7 Å². The second kappa shape index (κ2) is 7.27. The maximum Gasteiger partial charge on any atom is 0.220 e. The van der Waals surface area contributed by atoms with Crippen LogP contribution in [-0.2, 0) is 4.79 Å². The second-order valence-electron chi connectivity index (χ2n) is 5.25. The van der Waals surface area contributed by atoms with Crippen LogP contribution in [0.1, 0.15) is 45.4 Å². The SMILES string of the molecule is CSC1(CNC(=O)CCC(C)CN)CCCC1. The van der Waals surface area contributed by atoms with Crippen molar-refractivity contribution in [2.45, 2.75) is 50.2 Å². The van der Waals surface area contributed by atoms with Gasteiger partial charge in [-0.05, 0) is 38.0 Å². The van der Waals surface area contributed by atoms with Crippen molar-refractivity contribution in [3.05, 3.63) is 0 Å². The van der Waals surface area contributed by atoms with Crippen LogP contribution in [0, 0.1) is 5.92 Å². The van der Waals surface area contributed by atoms with E-state index < -0.39 is 0 Å². The largest absolute Gasteiger partial charge is 0.355 e. The molecule has 1 aliphatic rings. The van der Waals surface area contributed by atoms with E-state index in [0.29, 0.717) is 23.6 Å². The highest BCUT2D eigenvalue weighted by Gasteiger charge is 2.33. The lowest BCUT2D eigenvalue weighted by atomic mass is 10.0. The first-order valence-corrected chi connectivity index (χ1v) is 7.86. The highest BCUT2D eigenvalue weighted by molar-refractivity contribution is 8.00. The quantitative estimate of drug-likeness (QED) is 0.736. The molecule has 0 heterocycles. The van der Waals surface area contributed by atoms with Crippen molar-refractivity contribution in [3.63, 3.8) is 0 Å². The van der Waals surface area contributed by atoms with Gasteiger partial charge in [-0.3, -0.25) is 4.79 Å². The Morgan fingerprint density at radius 3 is 2.65 bits per heavy atom. The van der Waals surface area contributed by atoms with E-state index in [0.717, 1.165) is 13.0 Å². The fourth-order valence-corrected chi connectivity index (χ4v) is 3.23. The van der Waals surface area contributed by atoms with E-state index in [-0.39, 0.29) is 5.91 Å². The first-order valence-electron chi connectivity index (χ1n) is 6.64. The van der Waals surface area contributed by atoms with Gasteiger partial charge in [0.25, 0.3) is 0 Å². The van der Waals surface area contributed by atoms with Gasteiger partial charge in [-0.25, -0.2) is 0 Å². The van der Waals surface area contributed by atoms with Gasteiger partial charge in [0.05, 0.1) is 0 Å². The number of hydrogen-bond acceptors (Lipinski definition) is 3. The minimum absolute atomic E-state index is 0.186. The zero-order chi connectivity index (χ0) is 12.7. The van der Waals surface area contributed by atoms with Crippen LogP contribution in [0.15, 0.2) is 0 Å². The third-order valence-electron chi connectivity index (χ3n) is 3.82. The zero-order valence-corrected chi connectivity index (χ0v) is 11.9. The number of amides is 1. The molecule has 0 spiro atoms. The minimum atomic E-state index is 0.186. The Hall–Kier alpha value is -0.220. The molecule has 1 atom stereocenters. The van der Waals surface area contributed by atoms with Gasteiger partial charge in [0, 0.05) is 17.7 Å². The molecule has 0 aromatic carbocycles. The van der Waals surface area contributed by atoms with Crippen LogP contribution in [-0.4, -0.2) is 30.0 Å². The highest BCUT2D eigenvalue weighted by atomic mass is 32.2. The average Bonchev–Trinajstić information content (AvgIpc) is 2.82. The number of carbonyl (C=O) groups excluding carboxylic acids is 1. The van der Waals surface area contributed by atoms with Gasteiger partial charge in [-0.15, -0.1) is 0 Å². The predicted molar refractivity (Wildman–Crippen MR) is 75.2 cm³/mol. The van der Waals surface area contributed by atoms with Crippen LogP contribution in [0.25, 0.3) is 0 Å². The summed E-state index contributed by atoms with van der Waals surface area (Å²) < 4.78 is 0.315. The highest BCUT2D eigenvalue weighted by Crippen LogP contribution is 2.39. The summed E-state index contributed by atoms with van der Waals surface area (Å²) in [5.41, 5.74) is 5.54. The van der Waals surface area contributed by atoms with Gasteiger partial charge >= 0.3 is 0 Å². The maximum absolute atomic E-state index is 11.7. The van der Waals surface area contributed by atoms with Crippen LogP contribution in [0.5, 0.6) is 0 Å². The molecule has 1 unspecified atom stereocenters. The van der Waals surface area contributed by atoms with Gasteiger partial charge in [0.2, 0.25) is 5.91 Å². The lowest BCUT2D eigenvalue weighted by Gasteiger charge is -2.27. The molecule has 100 valence electrons. The zero-order valence-electron chi connectivity index (χ0n) is 11.1. The molecule has 1 aliphatic carbocycles. The van der Waals surface area contributed by atoms with Crippen molar-refractivity contribution in [2.75, 3.05) is 19.3 Å². The lowest BCUT2D eigenvalue weighted by Crippen LogP contribution is -2.38. The normalized spacial score (nSPS) is 20.2. The molecule has 0 aromatic rings. The molecule has 0 aromatic heterocycles. The molecule has 1 rings (SSSR count). The van der Waals surface area contributed by atoms with Gasteiger partial charge < -0.3 is 11.1 Å². The molecule has 3 N–H and O–H groups in total. The molecular formula is C13H26N2OS. The van der Waals surface area contributed by atoms with Crippen molar-refractivity contribution < 1.29 is 4.79 Å². The molecule has 3 nitrogen and oxygen atoms in total. The van der Waals surface area contributed by atoms with Crippen LogP contribution < -0.4 is 11.1 Å². The van der Waals surface area contributed by atoms with Gasteiger partial charge in [-0.2, -0.15) is 11.8 Å².